The van der Waals surface area contributed by atoms with Crippen LogP contribution in [0.5, 0.6) is 0 Å². The predicted molar refractivity (Wildman–Crippen MR) is 63.3 cm³/mol. The fraction of sp³-hybridized carbons (Fsp3) is 0.846. The van der Waals surface area contributed by atoms with E-state index in [4.69, 9.17) is 0 Å². The molecule has 0 aromatic rings. The minimum atomic E-state index is -0.561. The molecule has 0 saturated heterocycles. The summed E-state index contributed by atoms with van der Waals surface area (Å²) in [4.78, 5) is 0. The molecule has 0 saturated carbocycles. The standard InChI is InChI=1S/C13H26O/c1-11(2)13(6,14)10-8-7-9-12(3,4)5/h7-8,11,14H,9-10H2,1-6H3/b8-7-. The summed E-state index contributed by atoms with van der Waals surface area (Å²) in [5.41, 5.74) is -0.214. The maximum atomic E-state index is 9.97. The van der Waals surface area contributed by atoms with Gasteiger partial charge in [-0.05, 0) is 31.1 Å². The highest BCUT2D eigenvalue weighted by Crippen LogP contribution is 2.22. The lowest BCUT2D eigenvalue weighted by molar-refractivity contribution is 0.0164. The van der Waals surface area contributed by atoms with Gasteiger partial charge < -0.3 is 5.11 Å². The molecule has 0 aliphatic heterocycles. The van der Waals surface area contributed by atoms with Crippen LogP contribution < -0.4 is 0 Å². The van der Waals surface area contributed by atoms with Gasteiger partial charge >= 0.3 is 0 Å². The zero-order valence-electron chi connectivity index (χ0n) is 10.6. The van der Waals surface area contributed by atoms with Gasteiger partial charge in [0.15, 0.2) is 0 Å². The maximum absolute atomic E-state index is 9.97. The number of hydrogen-bond donors (Lipinski definition) is 1. The van der Waals surface area contributed by atoms with Crippen molar-refractivity contribution < 1.29 is 5.11 Å². The van der Waals surface area contributed by atoms with Gasteiger partial charge in [0.1, 0.15) is 0 Å². The first-order valence-electron chi connectivity index (χ1n) is 5.52. The summed E-state index contributed by atoms with van der Waals surface area (Å²) < 4.78 is 0. The molecule has 1 unspecified atom stereocenters. The van der Waals surface area contributed by atoms with Crippen molar-refractivity contribution in [3.63, 3.8) is 0 Å². The summed E-state index contributed by atoms with van der Waals surface area (Å²) >= 11 is 0. The molecule has 1 nitrogen and oxygen atoms in total. The second-order valence-electron chi connectivity index (χ2n) is 5.95. The summed E-state index contributed by atoms with van der Waals surface area (Å²) in [6, 6.07) is 0. The topological polar surface area (TPSA) is 20.2 Å². The van der Waals surface area contributed by atoms with Gasteiger partial charge in [-0.1, -0.05) is 46.8 Å². The Kier molecular flexibility index (Phi) is 4.87. The zero-order chi connectivity index (χ0) is 11.4. The predicted octanol–water partition coefficient (Wildman–Crippen LogP) is 3.78. The van der Waals surface area contributed by atoms with E-state index < -0.39 is 5.60 Å². The number of hydrogen-bond acceptors (Lipinski definition) is 1. The van der Waals surface area contributed by atoms with Gasteiger partial charge in [-0.15, -0.1) is 0 Å². The van der Waals surface area contributed by atoms with Gasteiger partial charge in [-0.25, -0.2) is 0 Å². The van der Waals surface area contributed by atoms with Crippen molar-refractivity contribution in [1.82, 2.24) is 0 Å². The molecule has 0 spiro atoms. The fourth-order valence-corrected chi connectivity index (χ4v) is 0.995. The maximum Gasteiger partial charge on any atom is 0.0676 e. The van der Waals surface area contributed by atoms with Crippen molar-refractivity contribution in [1.29, 1.82) is 0 Å². The molecule has 0 fully saturated rings. The monoisotopic (exact) mass is 198 g/mol. The smallest absolute Gasteiger partial charge is 0.0676 e. The largest absolute Gasteiger partial charge is 0.390 e. The molecule has 14 heavy (non-hydrogen) atoms. The van der Waals surface area contributed by atoms with E-state index in [1.807, 2.05) is 6.92 Å². The van der Waals surface area contributed by atoms with Gasteiger partial charge in [0.05, 0.1) is 5.60 Å². The summed E-state index contributed by atoms with van der Waals surface area (Å²) in [7, 11) is 0. The van der Waals surface area contributed by atoms with E-state index in [9.17, 15) is 5.11 Å². The molecule has 0 aliphatic carbocycles. The van der Waals surface area contributed by atoms with E-state index in [2.05, 4.69) is 46.8 Å². The third-order valence-corrected chi connectivity index (χ3v) is 2.67. The van der Waals surface area contributed by atoms with E-state index in [1.165, 1.54) is 0 Å². The van der Waals surface area contributed by atoms with Gasteiger partial charge in [0, 0.05) is 0 Å². The minimum Gasteiger partial charge on any atom is -0.390 e. The van der Waals surface area contributed by atoms with Crippen molar-refractivity contribution in [3.05, 3.63) is 12.2 Å². The lowest BCUT2D eigenvalue weighted by Crippen LogP contribution is -2.29. The van der Waals surface area contributed by atoms with Crippen LogP contribution in [0.15, 0.2) is 12.2 Å². The van der Waals surface area contributed by atoms with Crippen LogP contribution in [0.1, 0.15) is 54.4 Å². The molecular weight excluding hydrogens is 172 g/mol. The number of allylic oxidation sites excluding steroid dienone is 1. The van der Waals surface area contributed by atoms with Crippen molar-refractivity contribution in [3.8, 4) is 0 Å². The van der Waals surface area contributed by atoms with E-state index in [0.29, 0.717) is 11.3 Å². The summed E-state index contributed by atoms with van der Waals surface area (Å²) in [5.74, 6) is 0.307. The normalized spacial score (nSPS) is 17.7. The molecule has 0 amide bonds. The van der Waals surface area contributed by atoms with E-state index in [1.54, 1.807) is 0 Å². The molecule has 0 radical (unpaired) electrons. The third kappa shape index (κ3) is 6.20. The Labute approximate surface area is 89.2 Å². The van der Waals surface area contributed by atoms with Crippen LogP contribution in [0.25, 0.3) is 0 Å². The quantitative estimate of drug-likeness (QED) is 0.682. The molecule has 0 bridgehead atoms. The van der Waals surface area contributed by atoms with Crippen molar-refractivity contribution in [2.24, 2.45) is 11.3 Å². The Morgan fingerprint density at radius 2 is 1.43 bits per heavy atom. The van der Waals surface area contributed by atoms with E-state index in [0.717, 1.165) is 12.8 Å². The van der Waals surface area contributed by atoms with Gasteiger partial charge in [-0.3, -0.25) is 0 Å². The van der Waals surface area contributed by atoms with Crippen LogP contribution in [0, 0.1) is 11.3 Å². The summed E-state index contributed by atoms with van der Waals surface area (Å²) in [5, 5.41) is 9.97. The molecule has 84 valence electrons. The van der Waals surface area contributed by atoms with Crippen molar-refractivity contribution in [2.75, 3.05) is 0 Å². The highest BCUT2D eigenvalue weighted by Gasteiger charge is 2.22. The fourth-order valence-electron chi connectivity index (χ4n) is 0.995. The molecule has 1 atom stereocenters. The second-order valence-corrected chi connectivity index (χ2v) is 5.95. The summed E-state index contributed by atoms with van der Waals surface area (Å²) in [6.07, 6.45) is 6.10. The highest BCUT2D eigenvalue weighted by molar-refractivity contribution is 4.92. The highest BCUT2D eigenvalue weighted by atomic mass is 16.3. The summed E-state index contributed by atoms with van der Waals surface area (Å²) in [6.45, 7) is 12.7. The molecule has 0 heterocycles. The molecule has 0 aromatic carbocycles. The Bertz CT molecular complexity index is 182. The van der Waals surface area contributed by atoms with Crippen molar-refractivity contribution >= 4 is 0 Å². The Hall–Kier alpha value is -0.300. The molecule has 1 heteroatoms. The van der Waals surface area contributed by atoms with Crippen LogP contribution in [-0.4, -0.2) is 10.7 Å². The first kappa shape index (κ1) is 13.7. The van der Waals surface area contributed by atoms with E-state index >= 15 is 0 Å². The average Bonchev–Trinajstić information content (AvgIpc) is 1.96. The van der Waals surface area contributed by atoms with Crippen LogP contribution in [0.4, 0.5) is 0 Å². The van der Waals surface area contributed by atoms with Crippen LogP contribution in [0.2, 0.25) is 0 Å². The molecular formula is C13H26O. The molecule has 0 aliphatic rings. The van der Waals surface area contributed by atoms with Crippen LogP contribution in [-0.2, 0) is 0 Å². The van der Waals surface area contributed by atoms with Gasteiger partial charge in [0.25, 0.3) is 0 Å². The average molecular weight is 198 g/mol. The number of aliphatic hydroxyl groups is 1. The minimum absolute atomic E-state index is 0.307. The molecule has 0 aromatic heterocycles. The number of rotatable bonds is 4. The Morgan fingerprint density at radius 3 is 1.79 bits per heavy atom. The SMILES string of the molecule is CC(C)C(C)(O)C/C=C\CC(C)(C)C. The molecule has 1 N–H and O–H groups in total. The van der Waals surface area contributed by atoms with E-state index in [-0.39, 0.29) is 0 Å². The Balaban J connectivity index is 3.94. The third-order valence-electron chi connectivity index (χ3n) is 2.67. The lowest BCUT2D eigenvalue weighted by atomic mass is 9.88. The van der Waals surface area contributed by atoms with Gasteiger partial charge in [-0.2, -0.15) is 0 Å². The Morgan fingerprint density at radius 1 is 1.00 bits per heavy atom. The second kappa shape index (κ2) is 4.97. The first-order valence-corrected chi connectivity index (χ1v) is 5.52. The first-order chi connectivity index (χ1) is 6.15. The molecule has 0 rings (SSSR count). The van der Waals surface area contributed by atoms with Crippen LogP contribution in [0.3, 0.4) is 0 Å². The van der Waals surface area contributed by atoms with Crippen molar-refractivity contribution in [2.45, 2.75) is 60.0 Å². The van der Waals surface area contributed by atoms with Crippen LogP contribution >= 0.6 is 0 Å². The van der Waals surface area contributed by atoms with Gasteiger partial charge in [0.2, 0.25) is 0 Å². The zero-order valence-corrected chi connectivity index (χ0v) is 10.6. The lowest BCUT2D eigenvalue weighted by Gasteiger charge is -2.26.